The molecule has 0 radical (unpaired) electrons. The zero-order valence-electron chi connectivity index (χ0n) is 12.7. The lowest BCUT2D eigenvalue weighted by Crippen LogP contribution is -2.23. The van der Waals surface area contributed by atoms with Gasteiger partial charge in [-0.3, -0.25) is 0 Å². The highest BCUT2D eigenvalue weighted by Gasteiger charge is 2.35. The highest BCUT2D eigenvalue weighted by atomic mass is 35.5. The van der Waals surface area contributed by atoms with Crippen LogP contribution in [0.3, 0.4) is 0 Å². The smallest absolute Gasteiger partial charge is 0.104 e. The molecule has 3 aromatic rings. The predicted molar refractivity (Wildman–Crippen MR) is 94.4 cm³/mol. The lowest BCUT2D eigenvalue weighted by atomic mass is 9.81. The van der Waals surface area contributed by atoms with Gasteiger partial charge in [0.25, 0.3) is 0 Å². The quantitative estimate of drug-likeness (QED) is 0.423. The van der Waals surface area contributed by atoms with E-state index in [0.29, 0.717) is 0 Å². The molecule has 1 heteroatoms. The van der Waals surface area contributed by atoms with Crippen LogP contribution < -0.4 is 0 Å². The molecule has 0 amide bonds. The zero-order chi connectivity index (χ0) is 15.4. The molecule has 110 valence electrons. The molecule has 0 aliphatic heterocycles. The van der Waals surface area contributed by atoms with E-state index in [9.17, 15) is 0 Å². The van der Waals surface area contributed by atoms with Crippen molar-refractivity contribution in [1.29, 1.82) is 0 Å². The summed E-state index contributed by atoms with van der Waals surface area (Å²) in [6.45, 7) is 2.17. The van der Waals surface area contributed by atoms with E-state index in [1.165, 1.54) is 5.56 Å². The van der Waals surface area contributed by atoms with Gasteiger partial charge in [0.05, 0.1) is 0 Å². The molecule has 0 unspecified atom stereocenters. The fraction of sp³-hybridized carbons (Fsp3) is 0.143. The summed E-state index contributed by atoms with van der Waals surface area (Å²) in [4.78, 5) is -0.658. The Balaban J connectivity index is 2.29. The molecule has 0 heterocycles. The first-order valence-corrected chi connectivity index (χ1v) is 8.03. The van der Waals surface area contributed by atoms with Crippen molar-refractivity contribution in [1.82, 2.24) is 0 Å². The molecule has 0 spiro atoms. The van der Waals surface area contributed by atoms with Crippen LogP contribution in [0.1, 0.15) is 29.2 Å². The van der Waals surface area contributed by atoms with E-state index < -0.39 is 4.87 Å². The summed E-state index contributed by atoms with van der Waals surface area (Å²) in [6.07, 6.45) is 0.963. The molecule has 0 atom stereocenters. The van der Waals surface area contributed by atoms with Crippen molar-refractivity contribution < 1.29 is 0 Å². The monoisotopic (exact) mass is 306 g/mol. The first kappa shape index (κ1) is 14.9. The molecule has 0 saturated heterocycles. The minimum absolute atomic E-state index is 0.658. The molecule has 0 aromatic heterocycles. The van der Waals surface area contributed by atoms with Crippen molar-refractivity contribution in [2.75, 3.05) is 0 Å². The Hall–Kier alpha value is -2.05. The summed E-state index contributed by atoms with van der Waals surface area (Å²) in [5.41, 5.74) is 4.65. The molecule has 0 bridgehead atoms. The lowest BCUT2D eigenvalue weighted by Gasteiger charge is -2.31. The first-order chi connectivity index (χ1) is 10.8. The second kappa shape index (κ2) is 6.37. The Kier molecular flexibility index (Phi) is 4.31. The minimum atomic E-state index is -0.658. The van der Waals surface area contributed by atoms with Gasteiger partial charge in [-0.25, -0.2) is 0 Å². The van der Waals surface area contributed by atoms with E-state index >= 15 is 0 Å². The van der Waals surface area contributed by atoms with E-state index in [0.717, 1.165) is 23.1 Å². The van der Waals surface area contributed by atoms with Crippen LogP contribution in [0.5, 0.6) is 0 Å². The van der Waals surface area contributed by atoms with Crippen LogP contribution in [0.4, 0.5) is 0 Å². The van der Waals surface area contributed by atoms with Crippen molar-refractivity contribution >= 4 is 11.6 Å². The predicted octanol–water partition coefficient (Wildman–Crippen LogP) is 5.78. The maximum Gasteiger partial charge on any atom is 0.120 e. The number of hydrogen-bond acceptors (Lipinski definition) is 0. The third-order valence-electron chi connectivity index (χ3n) is 4.11. The number of benzene rings is 3. The normalized spacial score (nSPS) is 11.4. The Morgan fingerprint density at radius 1 is 0.682 bits per heavy atom. The third-order valence-corrected chi connectivity index (χ3v) is 4.75. The lowest BCUT2D eigenvalue weighted by molar-refractivity contribution is 0.855. The fourth-order valence-electron chi connectivity index (χ4n) is 2.98. The van der Waals surface area contributed by atoms with Crippen LogP contribution in [0.25, 0.3) is 0 Å². The maximum atomic E-state index is 7.30. The van der Waals surface area contributed by atoms with Crippen molar-refractivity contribution in [3.63, 3.8) is 0 Å². The van der Waals surface area contributed by atoms with Crippen LogP contribution in [0, 0.1) is 0 Å². The van der Waals surface area contributed by atoms with Crippen LogP contribution in [-0.4, -0.2) is 0 Å². The van der Waals surface area contributed by atoms with Gasteiger partial charge in [0.1, 0.15) is 4.87 Å². The average Bonchev–Trinajstić information content (AvgIpc) is 2.62. The number of alkyl halides is 1. The number of aryl methyl sites for hydroxylation is 1. The molecular formula is C21H19Cl. The largest absolute Gasteiger partial charge is 0.120 e. The summed E-state index contributed by atoms with van der Waals surface area (Å²) >= 11 is 7.30. The molecule has 0 fully saturated rings. The molecule has 3 rings (SSSR count). The topological polar surface area (TPSA) is 0 Å². The molecule has 0 aliphatic carbocycles. The third kappa shape index (κ3) is 2.55. The zero-order valence-corrected chi connectivity index (χ0v) is 13.4. The van der Waals surface area contributed by atoms with Crippen LogP contribution in [-0.2, 0) is 11.3 Å². The number of hydrogen-bond donors (Lipinski definition) is 0. The molecule has 0 N–H and O–H groups in total. The van der Waals surface area contributed by atoms with Crippen molar-refractivity contribution in [3.8, 4) is 0 Å². The Bertz CT molecular complexity index is 693. The first-order valence-electron chi connectivity index (χ1n) is 7.65. The van der Waals surface area contributed by atoms with Gasteiger partial charge in [0, 0.05) is 0 Å². The van der Waals surface area contributed by atoms with Crippen LogP contribution in [0.2, 0.25) is 0 Å². The summed E-state index contributed by atoms with van der Waals surface area (Å²) in [5, 5.41) is 0. The number of halogens is 1. The SMILES string of the molecule is CCc1ccccc1C(Cl)(c1ccccc1)c1ccccc1. The maximum absolute atomic E-state index is 7.30. The molecule has 0 aliphatic rings. The Morgan fingerprint density at radius 3 is 1.64 bits per heavy atom. The van der Waals surface area contributed by atoms with Gasteiger partial charge in [-0.15, -0.1) is 11.6 Å². The van der Waals surface area contributed by atoms with Gasteiger partial charge in [0.15, 0.2) is 0 Å². The van der Waals surface area contributed by atoms with Crippen LogP contribution >= 0.6 is 11.6 Å². The van der Waals surface area contributed by atoms with Gasteiger partial charge < -0.3 is 0 Å². The summed E-state index contributed by atoms with van der Waals surface area (Å²) in [7, 11) is 0. The van der Waals surface area contributed by atoms with Crippen molar-refractivity contribution in [3.05, 3.63) is 107 Å². The van der Waals surface area contributed by atoms with Crippen LogP contribution in [0.15, 0.2) is 84.9 Å². The minimum Gasteiger partial charge on any atom is -0.104 e. The summed E-state index contributed by atoms with van der Waals surface area (Å²) in [6, 6.07) is 29.1. The second-order valence-electron chi connectivity index (χ2n) is 5.40. The molecular weight excluding hydrogens is 288 g/mol. The molecule has 0 saturated carbocycles. The van der Waals surface area contributed by atoms with E-state index in [1.807, 2.05) is 36.4 Å². The van der Waals surface area contributed by atoms with E-state index in [-0.39, 0.29) is 0 Å². The van der Waals surface area contributed by atoms with E-state index in [4.69, 9.17) is 11.6 Å². The number of rotatable bonds is 4. The van der Waals surface area contributed by atoms with Crippen molar-refractivity contribution in [2.45, 2.75) is 18.2 Å². The molecule has 3 aromatic carbocycles. The molecule has 22 heavy (non-hydrogen) atoms. The van der Waals surface area contributed by atoms with Gasteiger partial charge >= 0.3 is 0 Å². The van der Waals surface area contributed by atoms with E-state index in [2.05, 4.69) is 55.5 Å². The second-order valence-corrected chi connectivity index (χ2v) is 5.97. The van der Waals surface area contributed by atoms with Gasteiger partial charge in [-0.2, -0.15) is 0 Å². The fourth-order valence-corrected chi connectivity index (χ4v) is 3.41. The standard InChI is InChI=1S/C21H19Cl/c1-2-17-11-9-10-16-20(17)21(22,18-12-5-3-6-13-18)19-14-7-4-8-15-19/h3-16H,2H2,1H3. The molecule has 0 nitrogen and oxygen atoms in total. The highest BCUT2D eigenvalue weighted by molar-refractivity contribution is 6.28. The highest BCUT2D eigenvalue weighted by Crippen LogP contribution is 2.44. The average molecular weight is 307 g/mol. The van der Waals surface area contributed by atoms with Crippen molar-refractivity contribution in [2.24, 2.45) is 0 Å². The summed E-state index contributed by atoms with van der Waals surface area (Å²) in [5.74, 6) is 0. The van der Waals surface area contributed by atoms with Gasteiger partial charge in [-0.1, -0.05) is 91.9 Å². The van der Waals surface area contributed by atoms with Gasteiger partial charge in [-0.05, 0) is 28.7 Å². The Morgan fingerprint density at radius 2 is 1.14 bits per heavy atom. The van der Waals surface area contributed by atoms with E-state index in [1.54, 1.807) is 0 Å². The summed E-state index contributed by atoms with van der Waals surface area (Å²) < 4.78 is 0. The Labute approximate surface area is 137 Å². The van der Waals surface area contributed by atoms with Gasteiger partial charge in [0.2, 0.25) is 0 Å².